The maximum absolute atomic E-state index is 12.7. The molecule has 0 radical (unpaired) electrons. The van der Waals surface area contributed by atoms with E-state index in [2.05, 4.69) is 4.98 Å². The number of nitrogens with one attached hydrogen (secondary N) is 1. The highest BCUT2D eigenvalue weighted by Crippen LogP contribution is 2.38. The van der Waals surface area contributed by atoms with E-state index in [1.54, 1.807) is 11.0 Å². The number of benzene rings is 1. The van der Waals surface area contributed by atoms with Gasteiger partial charge in [0.25, 0.3) is 11.5 Å². The SMILES string of the molecule is C[C@H]1c2ccccc2CN1C(=O)c1ccc(C2CC2)[nH]c1=O. The Balaban J connectivity index is 1.64. The van der Waals surface area contributed by atoms with Crippen LogP contribution >= 0.6 is 0 Å². The zero-order valence-corrected chi connectivity index (χ0v) is 12.5. The molecule has 4 rings (SSSR count). The van der Waals surface area contributed by atoms with Gasteiger partial charge in [-0.25, -0.2) is 0 Å². The molecule has 0 unspecified atom stereocenters. The van der Waals surface area contributed by atoms with Gasteiger partial charge in [-0.15, -0.1) is 0 Å². The van der Waals surface area contributed by atoms with E-state index in [0.717, 1.165) is 24.1 Å². The first-order chi connectivity index (χ1) is 10.6. The zero-order valence-electron chi connectivity index (χ0n) is 12.5. The Morgan fingerprint density at radius 1 is 1.18 bits per heavy atom. The summed E-state index contributed by atoms with van der Waals surface area (Å²) < 4.78 is 0. The molecule has 1 aromatic heterocycles. The molecule has 1 aromatic carbocycles. The summed E-state index contributed by atoms with van der Waals surface area (Å²) in [5, 5.41) is 0. The van der Waals surface area contributed by atoms with E-state index in [4.69, 9.17) is 0 Å². The van der Waals surface area contributed by atoms with Crippen molar-refractivity contribution in [3.05, 3.63) is 69.1 Å². The van der Waals surface area contributed by atoms with Crippen molar-refractivity contribution in [1.82, 2.24) is 9.88 Å². The first-order valence-corrected chi connectivity index (χ1v) is 7.77. The lowest BCUT2D eigenvalue weighted by Crippen LogP contribution is -2.32. The van der Waals surface area contributed by atoms with Crippen molar-refractivity contribution in [2.75, 3.05) is 0 Å². The summed E-state index contributed by atoms with van der Waals surface area (Å²) in [4.78, 5) is 29.6. The van der Waals surface area contributed by atoms with Crippen LogP contribution in [0.5, 0.6) is 0 Å². The third kappa shape index (κ3) is 2.06. The van der Waals surface area contributed by atoms with Crippen LogP contribution in [0.25, 0.3) is 0 Å². The number of rotatable bonds is 2. The minimum absolute atomic E-state index is 0.00575. The van der Waals surface area contributed by atoms with E-state index in [9.17, 15) is 9.59 Å². The molecule has 0 spiro atoms. The van der Waals surface area contributed by atoms with E-state index in [1.807, 2.05) is 37.3 Å². The van der Waals surface area contributed by atoms with Crippen LogP contribution in [-0.4, -0.2) is 15.8 Å². The van der Waals surface area contributed by atoms with Crippen LogP contribution in [-0.2, 0) is 6.54 Å². The van der Waals surface area contributed by atoms with Crippen molar-refractivity contribution in [3.8, 4) is 0 Å². The van der Waals surface area contributed by atoms with Gasteiger partial charge in [0, 0.05) is 12.2 Å². The Labute approximate surface area is 128 Å². The number of pyridine rings is 1. The van der Waals surface area contributed by atoms with E-state index < -0.39 is 0 Å². The highest BCUT2D eigenvalue weighted by atomic mass is 16.2. The number of hydrogen-bond acceptors (Lipinski definition) is 2. The highest BCUT2D eigenvalue weighted by Gasteiger charge is 2.32. The fourth-order valence-electron chi connectivity index (χ4n) is 3.27. The number of aromatic nitrogens is 1. The van der Waals surface area contributed by atoms with Gasteiger partial charge in [-0.2, -0.15) is 0 Å². The second-order valence-electron chi connectivity index (χ2n) is 6.24. The predicted octanol–water partition coefficient (Wildman–Crippen LogP) is 2.97. The molecule has 1 atom stereocenters. The third-order valence-electron chi connectivity index (χ3n) is 4.75. The third-order valence-corrected chi connectivity index (χ3v) is 4.75. The number of nitrogens with zero attached hydrogens (tertiary/aromatic N) is 1. The molecule has 1 N–H and O–H groups in total. The summed E-state index contributed by atoms with van der Waals surface area (Å²) in [7, 11) is 0. The Kier molecular flexibility index (Phi) is 2.93. The first-order valence-electron chi connectivity index (χ1n) is 7.77. The Bertz CT molecular complexity index is 805. The summed E-state index contributed by atoms with van der Waals surface area (Å²) in [6.45, 7) is 2.58. The van der Waals surface area contributed by atoms with Crippen molar-refractivity contribution in [2.24, 2.45) is 0 Å². The summed E-state index contributed by atoms with van der Waals surface area (Å²) in [6.07, 6.45) is 2.25. The van der Waals surface area contributed by atoms with Gasteiger partial charge in [0.15, 0.2) is 0 Å². The molecule has 2 heterocycles. The van der Waals surface area contributed by atoms with Crippen LogP contribution < -0.4 is 5.56 Å². The molecule has 1 aliphatic carbocycles. The average molecular weight is 294 g/mol. The number of carbonyl (C=O) groups is 1. The van der Waals surface area contributed by atoms with Crippen LogP contribution in [0.4, 0.5) is 0 Å². The molecule has 1 fully saturated rings. The number of fused-ring (bicyclic) bond motifs is 1. The van der Waals surface area contributed by atoms with Crippen LogP contribution in [0.1, 0.15) is 58.9 Å². The molecular weight excluding hydrogens is 276 g/mol. The molecule has 0 bridgehead atoms. The molecule has 1 saturated carbocycles. The average Bonchev–Trinajstić information content (AvgIpc) is 3.32. The van der Waals surface area contributed by atoms with E-state index in [1.165, 1.54) is 5.56 Å². The van der Waals surface area contributed by atoms with Crippen molar-refractivity contribution in [3.63, 3.8) is 0 Å². The van der Waals surface area contributed by atoms with E-state index >= 15 is 0 Å². The standard InChI is InChI=1S/C18H18N2O2/c1-11-14-5-3-2-4-13(14)10-20(11)18(22)15-8-9-16(12-6-7-12)19-17(15)21/h2-5,8-9,11-12H,6-7,10H2,1H3,(H,19,21)/t11-/m0/s1. The summed E-state index contributed by atoms with van der Waals surface area (Å²) >= 11 is 0. The number of hydrogen-bond donors (Lipinski definition) is 1. The lowest BCUT2D eigenvalue weighted by molar-refractivity contribution is 0.0703. The molecule has 1 aliphatic heterocycles. The number of amides is 1. The maximum atomic E-state index is 12.7. The van der Waals surface area contributed by atoms with Crippen molar-refractivity contribution in [2.45, 2.75) is 38.3 Å². The fraction of sp³-hybridized carbons (Fsp3) is 0.333. The topological polar surface area (TPSA) is 53.2 Å². The quantitative estimate of drug-likeness (QED) is 0.925. The van der Waals surface area contributed by atoms with Gasteiger partial charge < -0.3 is 9.88 Å². The van der Waals surface area contributed by atoms with Gasteiger partial charge >= 0.3 is 0 Å². The second-order valence-corrected chi connectivity index (χ2v) is 6.24. The minimum atomic E-state index is -0.266. The van der Waals surface area contributed by atoms with Gasteiger partial charge in [-0.3, -0.25) is 9.59 Å². The van der Waals surface area contributed by atoms with Crippen molar-refractivity contribution < 1.29 is 4.79 Å². The zero-order chi connectivity index (χ0) is 15.3. The maximum Gasteiger partial charge on any atom is 0.261 e. The molecule has 0 saturated heterocycles. The number of carbonyl (C=O) groups excluding carboxylic acids is 1. The second kappa shape index (κ2) is 4.83. The van der Waals surface area contributed by atoms with Crippen molar-refractivity contribution in [1.29, 1.82) is 0 Å². The van der Waals surface area contributed by atoms with Gasteiger partial charge in [-0.1, -0.05) is 24.3 Å². The van der Waals surface area contributed by atoms with Crippen LogP contribution in [0.15, 0.2) is 41.2 Å². The molecule has 4 heteroatoms. The summed E-state index contributed by atoms with van der Waals surface area (Å²) in [5.74, 6) is 0.291. The Morgan fingerprint density at radius 3 is 2.64 bits per heavy atom. The van der Waals surface area contributed by atoms with E-state index in [0.29, 0.717) is 12.5 Å². The minimum Gasteiger partial charge on any atom is -0.327 e. The predicted molar refractivity (Wildman–Crippen MR) is 83.8 cm³/mol. The van der Waals surface area contributed by atoms with Gasteiger partial charge in [0.05, 0.1) is 6.04 Å². The number of H-pyrrole nitrogens is 1. The Morgan fingerprint density at radius 2 is 1.95 bits per heavy atom. The van der Waals surface area contributed by atoms with E-state index in [-0.39, 0.29) is 23.1 Å². The molecule has 22 heavy (non-hydrogen) atoms. The molecular formula is C18H18N2O2. The first kappa shape index (κ1) is 13.3. The molecule has 1 amide bonds. The number of aromatic amines is 1. The summed E-state index contributed by atoms with van der Waals surface area (Å²) in [5.41, 5.74) is 3.26. The summed E-state index contributed by atoms with van der Waals surface area (Å²) in [6, 6.07) is 11.6. The van der Waals surface area contributed by atoms with Crippen LogP contribution in [0, 0.1) is 0 Å². The van der Waals surface area contributed by atoms with Gasteiger partial charge in [0.1, 0.15) is 5.56 Å². The molecule has 112 valence electrons. The highest BCUT2D eigenvalue weighted by molar-refractivity contribution is 5.94. The van der Waals surface area contributed by atoms with Gasteiger partial charge in [-0.05, 0) is 48.9 Å². The monoisotopic (exact) mass is 294 g/mol. The smallest absolute Gasteiger partial charge is 0.261 e. The largest absolute Gasteiger partial charge is 0.327 e. The van der Waals surface area contributed by atoms with Crippen molar-refractivity contribution >= 4 is 5.91 Å². The van der Waals surface area contributed by atoms with Crippen LogP contribution in [0.3, 0.4) is 0 Å². The lowest BCUT2D eigenvalue weighted by atomic mass is 10.1. The normalized spacial score (nSPS) is 20.0. The van der Waals surface area contributed by atoms with Crippen LogP contribution in [0.2, 0.25) is 0 Å². The fourth-order valence-corrected chi connectivity index (χ4v) is 3.27. The Hall–Kier alpha value is -2.36. The molecule has 2 aliphatic rings. The lowest BCUT2D eigenvalue weighted by Gasteiger charge is -2.21. The van der Waals surface area contributed by atoms with Gasteiger partial charge in [0.2, 0.25) is 0 Å². The molecule has 2 aromatic rings. The molecule has 4 nitrogen and oxygen atoms in total.